The lowest BCUT2D eigenvalue weighted by Gasteiger charge is -2.12. The third-order valence-corrected chi connectivity index (χ3v) is 5.16. The Labute approximate surface area is 169 Å². The van der Waals surface area contributed by atoms with E-state index in [4.69, 9.17) is 4.74 Å². The zero-order valence-electron chi connectivity index (χ0n) is 16.2. The molecule has 2 aromatic carbocycles. The number of aliphatic hydroxyl groups excluding tert-OH is 1. The smallest absolute Gasteiger partial charge is 0.244 e. The highest BCUT2D eigenvalue weighted by Gasteiger charge is 2.22. The molecule has 6 heteroatoms. The van der Waals surface area contributed by atoms with Crippen molar-refractivity contribution in [2.45, 2.75) is 25.5 Å². The number of benzene rings is 2. The second kappa shape index (κ2) is 8.32. The van der Waals surface area contributed by atoms with Crippen LogP contribution in [0.15, 0.2) is 61.1 Å². The van der Waals surface area contributed by atoms with Crippen molar-refractivity contribution < 1.29 is 14.6 Å². The molecule has 0 saturated carbocycles. The molecule has 1 aliphatic carbocycles. The van der Waals surface area contributed by atoms with Gasteiger partial charge in [-0.2, -0.15) is 0 Å². The Morgan fingerprint density at radius 1 is 1.34 bits per heavy atom. The maximum absolute atomic E-state index is 12.4. The quantitative estimate of drug-likeness (QED) is 0.635. The van der Waals surface area contributed by atoms with Crippen LogP contribution in [-0.2, 0) is 17.8 Å². The van der Waals surface area contributed by atoms with Crippen molar-refractivity contribution in [1.82, 2.24) is 14.9 Å². The minimum absolute atomic E-state index is 0.0715. The van der Waals surface area contributed by atoms with Crippen LogP contribution in [0.3, 0.4) is 0 Å². The zero-order chi connectivity index (χ0) is 20.2. The molecule has 0 radical (unpaired) electrons. The normalized spacial score (nSPS) is 15.4. The number of aliphatic hydroxyl groups is 1. The number of fused-ring (bicyclic) bond motifs is 1. The molecule has 0 fully saturated rings. The summed E-state index contributed by atoms with van der Waals surface area (Å²) in [6.45, 7) is -0.114. The number of nitrogens with one attached hydrogen (secondary N) is 1. The van der Waals surface area contributed by atoms with Crippen molar-refractivity contribution in [3.05, 3.63) is 83.4 Å². The van der Waals surface area contributed by atoms with E-state index in [-0.39, 0.29) is 18.6 Å². The van der Waals surface area contributed by atoms with Gasteiger partial charge in [0.05, 0.1) is 37.5 Å². The third-order valence-electron chi connectivity index (χ3n) is 5.16. The molecule has 1 amide bonds. The standard InChI is InChI=1S/C23H23N3O3/c1-29-22-12-16(6-10-21(22)26-13-18(14-27)24-15-26)7-11-23(28)25-20-9-8-17-4-2-3-5-19(17)20/h2-7,10-13,15,20,27H,8-9,14H2,1H3,(H,25,28)/b11-7+. The van der Waals surface area contributed by atoms with Gasteiger partial charge in [-0.05, 0) is 47.7 Å². The molecule has 29 heavy (non-hydrogen) atoms. The Bertz CT molecular complexity index is 1060. The molecule has 1 unspecified atom stereocenters. The van der Waals surface area contributed by atoms with Crippen LogP contribution < -0.4 is 10.1 Å². The Balaban J connectivity index is 1.46. The molecule has 2 N–H and O–H groups in total. The largest absolute Gasteiger partial charge is 0.495 e. The lowest BCUT2D eigenvalue weighted by Crippen LogP contribution is -2.25. The number of nitrogens with zero attached hydrogens (tertiary/aromatic N) is 2. The Kier molecular flexibility index (Phi) is 5.44. The molecule has 0 saturated heterocycles. The number of hydrogen-bond donors (Lipinski definition) is 2. The summed E-state index contributed by atoms with van der Waals surface area (Å²) in [5.74, 6) is 0.538. The lowest BCUT2D eigenvalue weighted by molar-refractivity contribution is -0.117. The van der Waals surface area contributed by atoms with Crippen molar-refractivity contribution in [3.8, 4) is 11.4 Å². The second-order valence-electron chi connectivity index (χ2n) is 6.99. The molecule has 0 bridgehead atoms. The fourth-order valence-corrected chi connectivity index (χ4v) is 3.69. The lowest BCUT2D eigenvalue weighted by atomic mass is 10.1. The van der Waals surface area contributed by atoms with E-state index in [1.54, 1.807) is 36.4 Å². The van der Waals surface area contributed by atoms with Crippen LogP contribution in [0.5, 0.6) is 5.75 Å². The van der Waals surface area contributed by atoms with E-state index in [0.29, 0.717) is 11.4 Å². The van der Waals surface area contributed by atoms with E-state index in [2.05, 4.69) is 22.4 Å². The number of methoxy groups -OCH3 is 1. The van der Waals surface area contributed by atoms with Gasteiger partial charge < -0.3 is 19.7 Å². The van der Waals surface area contributed by atoms with E-state index in [1.807, 2.05) is 30.3 Å². The van der Waals surface area contributed by atoms with Crippen LogP contribution in [-0.4, -0.2) is 27.7 Å². The first-order valence-electron chi connectivity index (χ1n) is 9.56. The zero-order valence-corrected chi connectivity index (χ0v) is 16.2. The van der Waals surface area contributed by atoms with E-state index in [0.717, 1.165) is 24.1 Å². The van der Waals surface area contributed by atoms with Gasteiger partial charge >= 0.3 is 0 Å². The van der Waals surface area contributed by atoms with Crippen LogP contribution in [0, 0.1) is 0 Å². The van der Waals surface area contributed by atoms with Gasteiger partial charge in [0.2, 0.25) is 5.91 Å². The number of amides is 1. The van der Waals surface area contributed by atoms with Crippen LogP contribution >= 0.6 is 0 Å². The minimum atomic E-state index is -0.114. The van der Waals surface area contributed by atoms with Gasteiger partial charge in [0, 0.05) is 12.3 Å². The van der Waals surface area contributed by atoms with E-state index < -0.39 is 0 Å². The molecule has 1 aromatic heterocycles. The molecule has 4 rings (SSSR count). The monoisotopic (exact) mass is 389 g/mol. The second-order valence-corrected chi connectivity index (χ2v) is 6.99. The van der Waals surface area contributed by atoms with Gasteiger partial charge in [-0.1, -0.05) is 30.3 Å². The summed E-state index contributed by atoms with van der Waals surface area (Å²) in [6, 6.07) is 14.0. The molecule has 3 aromatic rings. The first kappa shape index (κ1) is 19.0. The number of carbonyl (C=O) groups excluding carboxylic acids is 1. The van der Waals surface area contributed by atoms with Gasteiger partial charge in [-0.15, -0.1) is 0 Å². The maximum Gasteiger partial charge on any atom is 0.244 e. The topological polar surface area (TPSA) is 76.4 Å². The van der Waals surface area contributed by atoms with E-state index in [1.165, 1.54) is 11.1 Å². The molecule has 1 heterocycles. The van der Waals surface area contributed by atoms with Gasteiger partial charge in [-0.25, -0.2) is 4.98 Å². The average molecular weight is 389 g/mol. The highest BCUT2D eigenvalue weighted by molar-refractivity contribution is 5.92. The van der Waals surface area contributed by atoms with Crippen LogP contribution in [0.4, 0.5) is 0 Å². The SMILES string of the molecule is COc1cc(/C=C/C(=O)NC2CCc3ccccc32)ccc1-n1cnc(CO)c1. The van der Waals surface area contributed by atoms with Crippen molar-refractivity contribution in [2.24, 2.45) is 0 Å². The summed E-state index contributed by atoms with van der Waals surface area (Å²) in [5.41, 5.74) is 4.77. The fraction of sp³-hybridized carbons (Fsp3) is 0.217. The van der Waals surface area contributed by atoms with Crippen LogP contribution in [0.2, 0.25) is 0 Å². The highest BCUT2D eigenvalue weighted by atomic mass is 16.5. The number of ether oxygens (including phenoxy) is 1. The number of imidazole rings is 1. The predicted molar refractivity (Wildman–Crippen MR) is 111 cm³/mol. The van der Waals surface area contributed by atoms with Crippen molar-refractivity contribution in [3.63, 3.8) is 0 Å². The van der Waals surface area contributed by atoms with Gasteiger partial charge in [0.25, 0.3) is 0 Å². The number of aromatic nitrogens is 2. The summed E-state index contributed by atoms with van der Waals surface area (Å²) in [5, 5.41) is 12.3. The number of rotatable bonds is 6. The van der Waals surface area contributed by atoms with Crippen molar-refractivity contribution >= 4 is 12.0 Å². The first-order chi connectivity index (χ1) is 14.2. The fourth-order valence-electron chi connectivity index (χ4n) is 3.69. The molecule has 0 aliphatic heterocycles. The van der Waals surface area contributed by atoms with E-state index in [9.17, 15) is 9.90 Å². The summed E-state index contributed by atoms with van der Waals surface area (Å²) in [4.78, 5) is 16.5. The van der Waals surface area contributed by atoms with Gasteiger partial charge in [-0.3, -0.25) is 4.79 Å². The van der Waals surface area contributed by atoms with Crippen LogP contribution in [0.25, 0.3) is 11.8 Å². The van der Waals surface area contributed by atoms with Gasteiger partial charge in [0.1, 0.15) is 5.75 Å². The van der Waals surface area contributed by atoms with E-state index >= 15 is 0 Å². The average Bonchev–Trinajstić information content (AvgIpc) is 3.39. The molecule has 0 spiro atoms. The minimum Gasteiger partial charge on any atom is -0.495 e. The molecule has 1 aliphatic rings. The summed E-state index contributed by atoms with van der Waals surface area (Å²) < 4.78 is 7.29. The number of hydrogen-bond acceptors (Lipinski definition) is 4. The summed E-state index contributed by atoms with van der Waals surface area (Å²) in [7, 11) is 1.60. The summed E-state index contributed by atoms with van der Waals surface area (Å²) in [6.07, 6.45) is 8.63. The molecule has 148 valence electrons. The first-order valence-corrected chi connectivity index (χ1v) is 9.56. The summed E-state index contributed by atoms with van der Waals surface area (Å²) >= 11 is 0. The van der Waals surface area contributed by atoms with Crippen molar-refractivity contribution in [1.29, 1.82) is 0 Å². The third kappa shape index (κ3) is 4.07. The Hall–Kier alpha value is -3.38. The molecular weight excluding hydrogens is 366 g/mol. The highest BCUT2D eigenvalue weighted by Crippen LogP contribution is 2.30. The van der Waals surface area contributed by atoms with Crippen LogP contribution in [0.1, 0.15) is 34.8 Å². The van der Waals surface area contributed by atoms with Crippen molar-refractivity contribution in [2.75, 3.05) is 7.11 Å². The van der Waals surface area contributed by atoms with Gasteiger partial charge in [0.15, 0.2) is 0 Å². The predicted octanol–water partition coefficient (Wildman–Crippen LogP) is 3.19. The Morgan fingerprint density at radius 2 is 2.21 bits per heavy atom. The molecule has 1 atom stereocenters. The number of aryl methyl sites for hydroxylation is 1. The molecule has 6 nitrogen and oxygen atoms in total. The molecular formula is C23H23N3O3. The number of carbonyl (C=O) groups is 1. The maximum atomic E-state index is 12.4. The Morgan fingerprint density at radius 3 is 3.00 bits per heavy atom.